The summed E-state index contributed by atoms with van der Waals surface area (Å²) in [5.41, 5.74) is 2.23. The molecule has 1 saturated heterocycles. The Bertz CT molecular complexity index is 930. The van der Waals surface area contributed by atoms with E-state index >= 15 is 0 Å². The fraction of sp³-hybridized carbons (Fsp3) is 0.300. The second kappa shape index (κ2) is 6.78. The Morgan fingerprint density at radius 3 is 2.70 bits per heavy atom. The van der Waals surface area contributed by atoms with Gasteiger partial charge in [0.15, 0.2) is 11.5 Å². The van der Waals surface area contributed by atoms with Gasteiger partial charge in [0.05, 0.1) is 0 Å². The second-order valence-electron chi connectivity index (χ2n) is 6.66. The number of anilines is 1. The van der Waals surface area contributed by atoms with Crippen LogP contribution in [0.5, 0.6) is 11.5 Å². The van der Waals surface area contributed by atoms with Crippen LogP contribution in [0.1, 0.15) is 22.8 Å². The second-order valence-corrected chi connectivity index (χ2v) is 7.10. The van der Waals surface area contributed by atoms with Crippen LogP contribution in [0.4, 0.5) is 5.69 Å². The smallest absolute Gasteiger partial charge is 0.254 e. The van der Waals surface area contributed by atoms with Gasteiger partial charge in [-0.25, -0.2) is 0 Å². The summed E-state index contributed by atoms with van der Waals surface area (Å²) in [6.45, 7) is 4.69. The van der Waals surface area contributed by atoms with Gasteiger partial charge in [0.1, 0.15) is 6.04 Å². The minimum Gasteiger partial charge on any atom is -0.454 e. The van der Waals surface area contributed by atoms with Gasteiger partial charge in [-0.15, -0.1) is 0 Å². The molecule has 0 saturated carbocycles. The van der Waals surface area contributed by atoms with Crippen molar-refractivity contribution >= 4 is 29.1 Å². The zero-order chi connectivity index (χ0) is 19.1. The standard InChI is InChI=1S/C20H19ClN2O4/c1-12-3-5-15(21)10-16(12)23-8-7-22(13(2)19(23)24)20(25)14-4-6-17-18(9-14)27-11-26-17/h3-6,9-10,13H,7-8,11H2,1-2H3. The van der Waals surface area contributed by atoms with Crippen LogP contribution in [-0.4, -0.2) is 42.6 Å². The zero-order valence-corrected chi connectivity index (χ0v) is 15.8. The Morgan fingerprint density at radius 2 is 1.89 bits per heavy atom. The third-order valence-electron chi connectivity index (χ3n) is 5.00. The first-order valence-electron chi connectivity index (χ1n) is 8.74. The minimum absolute atomic E-state index is 0.124. The summed E-state index contributed by atoms with van der Waals surface area (Å²) in [5.74, 6) is 0.849. The first-order chi connectivity index (χ1) is 13.0. The van der Waals surface area contributed by atoms with Gasteiger partial charge in [-0.2, -0.15) is 0 Å². The molecule has 0 aliphatic carbocycles. The summed E-state index contributed by atoms with van der Waals surface area (Å²) in [6, 6.07) is 9.98. The van der Waals surface area contributed by atoms with Gasteiger partial charge in [-0.1, -0.05) is 17.7 Å². The third kappa shape index (κ3) is 3.10. The van der Waals surface area contributed by atoms with Crippen LogP contribution in [0.2, 0.25) is 5.02 Å². The third-order valence-corrected chi connectivity index (χ3v) is 5.23. The number of rotatable bonds is 2. The number of ether oxygens (including phenoxy) is 2. The molecule has 2 aliphatic heterocycles. The highest BCUT2D eigenvalue weighted by Crippen LogP contribution is 2.33. The largest absolute Gasteiger partial charge is 0.454 e. The number of amides is 2. The number of aryl methyl sites for hydroxylation is 1. The quantitative estimate of drug-likeness (QED) is 0.795. The van der Waals surface area contributed by atoms with Crippen molar-refractivity contribution < 1.29 is 19.1 Å². The molecule has 2 aliphatic rings. The van der Waals surface area contributed by atoms with E-state index in [1.165, 1.54) is 0 Å². The number of carbonyl (C=O) groups is 2. The molecule has 1 atom stereocenters. The Labute approximate surface area is 162 Å². The van der Waals surface area contributed by atoms with E-state index in [9.17, 15) is 9.59 Å². The Morgan fingerprint density at radius 1 is 1.11 bits per heavy atom. The fourth-order valence-electron chi connectivity index (χ4n) is 3.46. The molecule has 0 radical (unpaired) electrons. The lowest BCUT2D eigenvalue weighted by atomic mass is 10.1. The first kappa shape index (κ1) is 17.7. The summed E-state index contributed by atoms with van der Waals surface area (Å²) in [5, 5.41) is 0.579. The monoisotopic (exact) mass is 386 g/mol. The summed E-state index contributed by atoms with van der Waals surface area (Å²) in [6.07, 6.45) is 0. The van der Waals surface area contributed by atoms with E-state index in [4.69, 9.17) is 21.1 Å². The summed E-state index contributed by atoms with van der Waals surface area (Å²) in [4.78, 5) is 29.2. The maximum absolute atomic E-state index is 13.0. The Hall–Kier alpha value is -2.73. The lowest BCUT2D eigenvalue weighted by Gasteiger charge is -2.39. The number of hydrogen-bond acceptors (Lipinski definition) is 4. The van der Waals surface area contributed by atoms with Gasteiger partial charge in [-0.3, -0.25) is 9.59 Å². The number of piperazine rings is 1. The van der Waals surface area contributed by atoms with Gasteiger partial charge in [0.25, 0.3) is 5.91 Å². The van der Waals surface area contributed by atoms with Crippen LogP contribution in [0.3, 0.4) is 0 Å². The lowest BCUT2D eigenvalue weighted by molar-refractivity contribution is -0.124. The summed E-state index contributed by atoms with van der Waals surface area (Å²) in [7, 11) is 0. The van der Waals surface area contributed by atoms with Crippen molar-refractivity contribution in [1.29, 1.82) is 0 Å². The number of hydrogen-bond donors (Lipinski definition) is 0. The molecule has 7 heteroatoms. The molecule has 0 bridgehead atoms. The SMILES string of the molecule is Cc1ccc(Cl)cc1N1CCN(C(=O)c2ccc3c(c2)OCO3)C(C)C1=O. The number of halogens is 1. The Balaban J connectivity index is 1.56. The van der Waals surface area contributed by atoms with Gasteiger partial charge in [0, 0.05) is 29.4 Å². The van der Waals surface area contributed by atoms with E-state index in [1.807, 2.05) is 13.0 Å². The van der Waals surface area contributed by atoms with Gasteiger partial charge in [0.2, 0.25) is 12.7 Å². The molecule has 2 aromatic rings. The lowest BCUT2D eigenvalue weighted by Crippen LogP contribution is -2.57. The highest BCUT2D eigenvalue weighted by atomic mass is 35.5. The fourth-order valence-corrected chi connectivity index (χ4v) is 3.62. The molecule has 1 fully saturated rings. The average Bonchev–Trinajstić information content (AvgIpc) is 3.13. The van der Waals surface area contributed by atoms with Crippen molar-refractivity contribution in [2.75, 3.05) is 24.8 Å². The Kier molecular flexibility index (Phi) is 4.44. The van der Waals surface area contributed by atoms with E-state index in [-0.39, 0.29) is 18.6 Å². The predicted molar refractivity (Wildman–Crippen MR) is 102 cm³/mol. The first-order valence-corrected chi connectivity index (χ1v) is 9.11. The predicted octanol–water partition coefficient (Wildman–Crippen LogP) is 3.25. The van der Waals surface area contributed by atoms with Crippen molar-refractivity contribution in [1.82, 2.24) is 4.90 Å². The molecule has 2 heterocycles. The van der Waals surface area contributed by atoms with Crippen LogP contribution in [0.25, 0.3) is 0 Å². The highest BCUT2D eigenvalue weighted by Gasteiger charge is 2.36. The maximum atomic E-state index is 13.0. The van der Waals surface area contributed by atoms with Crippen LogP contribution in [0.15, 0.2) is 36.4 Å². The molecule has 2 amide bonds. The van der Waals surface area contributed by atoms with Crippen molar-refractivity contribution in [3.05, 3.63) is 52.5 Å². The van der Waals surface area contributed by atoms with E-state index < -0.39 is 6.04 Å². The topological polar surface area (TPSA) is 59.1 Å². The van der Waals surface area contributed by atoms with Gasteiger partial charge < -0.3 is 19.3 Å². The van der Waals surface area contributed by atoms with Crippen LogP contribution >= 0.6 is 11.6 Å². The molecule has 27 heavy (non-hydrogen) atoms. The summed E-state index contributed by atoms with van der Waals surface area (Å²) < 4.78 is 10.6. The highest BCUT2D eigenvalue weighted by molar-refractivity contribution is 6.31. The van der Waals surface area contributed by atoms with Crippen LogP contribution in [-0.2, 0) is 4.79 Å². The average molecular weight is 387 g/mol. The molecular formula is C20H19ClN2O4. The molecule has 140 valence electrons. The number of carbonyl (C=O) groups excluding carboxylic acids is 2. The van der Waals surface area contributed by atoms with E-state index in [1.54, 1.807) is 47.1 Å². The number of nitrogens with zero attached hydrogens (tertiary/aromatic N) is 2. The van der Waals surface area contributed by atoms with Gasteiger partial charge in [-0.05, 0) is 49.7 Å². The van der Waals surface area contributed by atoms with E-state index in [0.29, 0.717) is 35.2 Å². The van der Waals surface area contributed by atoms with E-state index in [2.05, 4.69) is 0 Å². The number of fused-ring (bicyclic) bond motifs is 1. The molecule has 1 unspecified atom stereocenters. The molecular weight excluding hydrogens is 368 g/mol. The van der Waals surface area contributed by atoms with Crippen LogP contribution < -0.4 is 14.4 Å². The molecule has 4 rings (SSSR count). The number of benzene rings is 2. The molecule has 0 aromatic heterocycles. The van der Waals surface area contributed by atoms with Crippen LogP contribution in [0, 0.1) is 6.92 Å². The van der Waals surface area contributed by atoms with E-state index in [0.717, 1.165) is 11.3 Å². The minimum atomic E-state index is -0.574. The molecule has 2 aromatic carbocycles. The molecule has 0 N–H and O–H groups in total. The summed E-state index contributed by atoms with van der Waals surface area (Å²) >= 11 is 6.10. The normalized spacial score (nSPS) is 18.8. The van der Waals surface area contributed by atoms with Crippen molar-refractivity contribution in [3.63, 3.8) is 0 Å². The van der Waals surface area contributed by atoms with Crippen molar-refractivity contribution in [3.8, 4) is 11.5 Å². The van der Waals surface area contributed by atoms with Gasteiger partial charge >= 0.3 is 0 Å². The zero-order valence-electron chi connectivity index (χ0n) is 15.1. The van der Waals surface area contributed by atoms with Crippen molar-refractivity contribution in [2.45, 2.75) is 19.9 Å². The molecule has 0 spiro atoms. The van der Waals surface area contributed by atoms with Crippen molar-refractivity contribution in [2.24, 2.45) is 0 Å². The molecule has 6 nitrogen and oxygen atoms in total. The maximum Gasteiger partial charge on any atom is 0.254 e.